The summed E-state index contributed by atoms with van der Waals surface area (Å²) in [6, 6.07) is 6.98. The van der Waals surface area contributed by atoms with Gasteiger partial charge in [-0.1, -0.05) is 13.8 Å². The molecule has 1 aromatic carbocycles. The Kier molecular flexibility index (Phi) is 5.95. The number of hydrogen-bond acceptors (Lipinski definition) is 6. The van der Waals surface area contributed by atoms with E-state index in [1.165, 1.54) is 6.07 Å². The van der Waals surface area contributed by atoms with Crippen LogP contribution in [0.3, 0.4) is 0 Å². The van der Waals surface area contributed by atoms with Gasteiger partial charge in [-0.15, -0.1) is 0 Å². The Balaban J connectivity index is 2.14. The monoisotopic (exact) mass is 330 g/mol. The van der Waals surface area contributed by atoms with Gasteiger partial charge in [0.15, 0.2) is 11.5 Å². The molecule has 1 aromatic heterocycles. The first-order chi connectivity index (χ1) is 11.5. The van der Waals surface area contributed by atoms with Crippen LogP contribution in [-0.4, -0.2) is 29.9 Å². The number of rotatable bonds is 7. The molecule has 0 aliphatic heterocycles. The number of aromatic nitrogens is 2. The van der Waals surface area contributed by atoms with E-state index in [0.29, 0.717) is 29.7 Å². The van der Waals surface area contributed by atoms with Gasteiger partial charge >= 0.3 is 0 Å². The number of nitrogens with zero attached hydrogens (tertiary/aromatic N) is 2. The van der Waals surface area contributed by atoms with Crippen molar-refractivity contribution in [1.29, 1.82) is 0 Å². The summed E-state index contributed by atoms with van der Waals surface area (Å²) in [5.74, 6) is 1.78. The molecule has 7 nitrogen and oxygen atoms in total. The van der Waals surface area contributed by atoms with E-state index in [4.69, 9.17) is 9.47 Å². The molecule has 2 N–H and O–H groups in total. The molecule has 0 saturated carbocycles. The van der Waals surface area contributed by atoms with Gasteiger partial charge in [-0.3, -0.25) is 9.78 Å². The number of nitrogens with one attached hydrogen (secondary N) is 2. The van der Waals surface area contributed by atoms with Crippen molar-refractivity contribution >= 4 is 12.2 Å². The molecule has 24 heavy (non-hydrogen) atoms. The van der Waals surface area contributed by atoms with Crippen LogP contribution < -0.4 is 20.5 Å². The Morgan fingerprint density at radius 2 is 2.12 bits per heavy atom. The molecule has 0 fully saturated rings. The molecule has 0 atom stereocenters. The molecule has 7 heteroatoms. The minimum atomic E-state index is -0.213. The van der Waals surface area contributed by atoms with E-state index in [-0.39, 0.29) is 11.5 Å². The van der Waals surface area contributed by atoms with Gasteiger partial charge in [0.1, 0.15) is 0 Å². The summed E-state index contributed by atoms with van der Waals surface area (Å²) in [6.45, 7) is 6.40. The number of benzene rings is 1. The Morgan fingerprint density at radius 1 is 1.33 bits per heavy atom. The molecule has 0 bridgehead atoms. The number of aromatic amines is 1. The van der Waals surface area contributed by atoms with E-state index in [2.05, 4.69) is 20.5 Å². The number of ether oxygens (including phenoxy) is 2. The first kappa shape index (κ1) is 17.5. The van der Waals surface area contributed by atoms with Crippen LogP contribution in [-0.2, 0) is 0 Å². The lowest BCUT2D eigenvalue weighted by Gasteiger charge is -2.09. The molecular weight excluding hydrogens is 308 g/mol. The quantitative estimate of drug-likeness (QED) is 0.602. The van der Waals surface area contributed by atoms with Crippen molar-refractivity contribution in [3.63, 3.8) is 0 Å². The van der Waals surface area contributed by atoms with Crippen LogP contribution in [0.4, 0.5) is 5.95 Å². The van der Waals surface area contributed by atoms with Crippen molar-refractivity contribution in [3.8, 4) is 11.5 Å². The zero-order chi connectivity index (χ0) is 17.5. The first-order valence-corrected chi connectivity index (χ1v) is 7.74. The highest BCUT2D eigenvalue weighted by atomic mass is 16.5. The van der Waals surface area contributed by atoms with E-state index in [1.54, 1.807) is 13.3 Å². The third kappa shape index (κ3) is 4.58. The SMILES string of the molecule is CCOc1cc(/C=N\Nc2nc(C(C)C)cc(=O)[nH]2)ccc1OC. The molecule has 0 aliphatic rings. The van der Waals surface area contributed by atoms with Crippen molar-refractivity contribution in [2.24, 2.45) is 5.10 Å². The minimum Gasteiger partial charge on any atom is -0.493 e. The summed E-state index contributed by atoms with van der Waals surface area (Å²) in [7, 11) is 1.59. The standard InChI is InChI=1S/C17H22N4O3/c1-5-24-15-8-12(6-7-14(15)23-4)10-18-21-17-19-13(11(2)3)9-16(22)20-17/h6-11H,5H2,1-4H3,(H2,19,20,21,22)/b18-10-. The van der Waals surface area contributed by atoms with E-state index in [1.807, 2.05) is 39.0 Å². The maximum Gasteiger partial charge on any atom is 0.252 e. The number of hydrazone groups is 1. The molecular formula is C17H22N4O3. The fourth-order valence-corrected chi connectivity index (χ4v) is 2.03. The second-order valence-electron chi connectivity index (χ2n) is 5.39. The highest BCUT2D eigenvalue weighted by molar-refractivity contribution is 5.81. The van der Waals surface area contributed by atoms with Gasteiger partial charge in [-0.25, -0.2) is 10.4 Å². The Labute approximate surface area is 140 Å². The summed E-state index contributed by atoms with van der Waals surface area (Å²) in [5, 5.41) is 4.11. The highest BCUT2D eigenvalue weighted by Crippen LogP contribution is 2.27. The van der Waals surface area contributed by atoms with Gasteiger partial charge in [0, 0.05) is 6.07 Å². The highest BCUT2D eigenvalue weighted by Gasteiger charge is 2.05. The molecule has 0 unspecified atom stereocenters. The fourth-order valence-electron chi connectivity index (χ4n) is 2.03. The lowest BCUT2D eigenvalue weighted by molar-refractivity contribution is 0.311. The van der Waals surface area contributed by atoms with Crippen LogP contribution in [0.1, 0.15) is 37.9 Å². The third-order valence-electron chi connectivity index (χ3n) is 3.22. The molecule has 2 rings (SSSR count). The maximum absolute atomic E-state index is 11.6. The molecule has 1 heterocycles. The van der Waals surface area contributed by atoms with Gasteiger partial charge < -0.3 is 9.47 Å². The molecule has 0 spiro atoms. The van der Waals surface area contributed by atoms with Gasteiger partial charge in [-0.05, 0) is 36.6 Å². The molecule has 2 aromatic rings. The average Bonchev–Trinajstić information content (AvgIpc) is 2.55. The van der Waals surface area contributed by atoms with Crippen LogP contribution in [0.2, 0.25) is 0 Å². The number of hydrogen-bond donors (Lipinski definition) is 2. The average molecular weight is 330 g/mol. The normalized spacial score (nSPS) is 11.0. The van der Waals surface area contributed by atoms with Crippen LogP contribution in [0, 0.1) is 0 Å². The van der Waals surface area contributed by atoms with Gasteiger partial charge in [0.2, 0.25) is 5.95 Å². The minimum absolute atomic E-state index is 0.159. The zero-order valence-electron chi connectivity index (χ0n) is 14.3. The fraction of sp³-hybridized carbons (Fsp3) is 0.353. The maximum atomic E-state index is 11.6. The summed E-state index contributed by atoms with van der Waals surface area (Å²) < 4.78 is 10.8. The Hall–Kier alpha value is -2.83. The Morgan fingerprint density at radius 3 is 2.79 bits per heavy atom. The smallest absolute Gasteiger partial charge is 0.252 e. The number of H-pyrrole nitrogens is 1. The van der Waals surface area contributed by atoms with Crippen LogP contribution in [0.5, 0.6) is 11.5 Å². The predicted octanol–water partition coefficient (Wildman–Crippen LogP) is 2.75. The second kappa shape index (κ2) is 8.14. The number of anilines is 1. The van der Waals surface area contributed by atoms with Crippen molar-refractivity contribution < 1.29 is 9.47 Å². The van der Waals surface area contributed by atoms with Crippen molar-refractivity contribution in [3.05, 3.63) is 45.9 Å². The Bertz CT molecular complexity index is 769. The third-order valence-corrected chi connectivity index (χ3v) is 3.22. The molecule has 128 valence electrons. The van der Waals surface area contributed by atoms with Crippen molar-refractivity contribution in [2.75, 3.05) is 19.1 Å². The van der Waals surface area contributed by atoms with E-state index in [9.17, 15) is 4.79 Å². The summed E-state index contributed by atoms with van der Waals surface area (Å²) in [4.78, 5) is 18.5. The van der Waals surface area contributed by atoms with Crippen LogP contribution in [0.25, 0.3) is 0 Å². The van der Waals surface area contributed by atoms with Gasteiger partial charge in [-0.2, -0.15) is 5.10 Å². The largest absolute Gasteiger partial charge is 0.493 e. The van der Waals surface area contributed by atoms with Gasteiger partial charge in [0.05, 0.1) is 25.6 Å². The predicted molar refractivity (Wildman–Crippen MR) is 94.3 cm³/mol. The van der Waals surface area contributed by atoms with Gasteiger partial charge in [0.25, 0.3) is 5.56 Å². The summed E-state index contributed by atoms with van der Waals surface area (Å²) in [5.41, 5.74) is 4.06. The van der Waals surface area contributed by atoms with Crippen LogP contribution >= 0.6 is 0 Å². The topological polar surface area (TPSA) is 88.6 Å². The molecule has 0 amide bonds. The first-order valence-electron chi connectivity index (χ1n) is 7.74. The van der Waals surface area contributed by atoms with E-state index in [0.717, 1.165) is 5.56 Å². The van der Waals surface area contributed by atoms with E-state index >= 15 is 0 Å². The second-order valence-corrected chi connectivity index (χ2v) is 5.39. The molecule has 0 aliphatic carbocycles. The number of methoxy groups -OCH3 is 1. The van der Waals surface area contributed by atoms with E-state index < -0.39 is 0 Å². The van der Waals surface area contributed by atoms with Crippen molar-refractivity contribution in [1.82, 2.24) is 9.97 Å². The summed E-state index contributed by atoms with van der Waals surface area (Å²) >= 11 is 0. The summed E-state index contributed by atoms with van der Waals surface area (Å²) in [6.07, 6.45) is 1.62. The lowest BCUT2D eigenvalue weighted by atomic mass is 10.1. The molecule has 0 saturated heterocycles. The van der Waals surface area contributed by atoms with Crippen LogP contribution in [0.15, 0.2) is 34.2 Å². The molecule has 0 radical (unpaired) electrons. The lowest BCUT2D eigenvalue weighted by Crippen LogP contribution is -2.12. The van der Waals surface area contributed by atoms with Crippen molar-refractivity contribution in [2.45, 2.75) is 26.7 Å². The zero-order valence-corrected chi connectivity index (χ0v) is 14.3.